The highest BCUT2D eigenvalue weighted by Crippen LogP contribution is 2.14. The lowest BCUT2D eigenvalue weighted by atomic mass is 10.3. The summed E-state index contributed by atoms with van der Waals surface area (Å²) in [5, 5.41) is 7.45. The molecule has 0 unspecified atom stereocenters. The van der Waals surface area contributed by atoms with Crippen LogP contribution in [0.5, 0.6) is 5.75 Å². The Hall–Kier alpha value is -2.34. The van der Waals surface area contributed by atoms with E-state index in [9.17, 15) is 0 Å². The molecule has 0 saturated heterocycles. The van der Waals surface area contributed by atoms with Crippen LogP contribution in [0, 0.1) is 0 Å². The van der Waals surface area contributed by atoms with Crippen LogP contribution in [0.25, 0.3) is 0 Å². The average molecular weight is 274 g/mol. The molecule has 0 amide bonds. The second-order valence-electron chi connectivity index (χ2n) is 3.68. The van der Waals surface area contributed by atoms with Crippen molar-refractivity contribution in [1.82, 2.24) is 10.4 Å². The Balaban J connectivity index is 1.83. The lowest BCUT2D eigenvalue weighted by molar-refractivity contribution is 0.415. The molecule has 5 nitrogen and oxygen atoms in total. The van der Waals surface area contributed by atoms with Crippen molar-refractivity contribution in [2.75, 3.05) is 12.4 Å². The molecular weight excluding hydrogens is 260 g/mol. The number of aromatic amines is 1. The van der Waals surface area contributed by atoms with Crippen molar-refractivity contribution in [3.8, 4) is 5.75 Å². The first kappa shape index (κ1) is 13.1. The van der Waals surface area contributed by atoms with E-state index in [1.165, 1.54) is 0 Å². The molecule has 0 aliphatic heterocycles. The van der Waals surface area contributed by atoms with Crippen LogP contribution in [0.2, 0.25) is 0 Å². The van der Waals surface area contributed by atoms with Gasteiger partial charge in [-0.15, -0.1) is 0 Å². The van der Waals surface area contributed by atoms with Crippen LogP contribution in [-0.2, 0) is 0 Å². The zero-order chi connectivity index (χ0) is 13.5. The number of benzene rings is 1. The van der Waals surface area contributed by atoms with Crippen LogP contribution in [0.3, 0.4) is 0 Å². The van der Waals surface area contributed by atoms with E-state index in [1.807, 2.05) is 42.6 Å². The van der Waals surface area contributed by atoms with Crippen molar-refractivity contribution in [1.29, 1.82) is 0 Å². The Morgan fingerprint density at radius 1 is 1.32 bits per heavy atom. The molecule has 0 bridgehead atoms. The fourth-order valence-electron chi connectivity index (χ4n) is 1.42. The number of anilines is 1. The second-order valence-corrected chi connectivity index (χ2v) is 4.09. The third-order valence-corrected chi connectivity index (χ3v) is 2.53. The molecule has 0 aliphatic carbocycles. The molecule has 6 heteroatoms. The van der Waals surface area contributed by atoms with E-state index in [4.69, 9.17) is 17.0 Å². The molecule has 0 aliphatic rings. The summed E-state index contributed by atoms with van der Waals surface area (Å²) in [6.45, 7) is 0. The number of H-pyrrole nitrogens is 1. The molecule has 1 heterocycles. The van der Waals surface area contributed by atoms with Crippen molar-refractivity contribution in [3.05, 3.63) is 48.3 Å². The zero-order valence-corrected chi connectivity index (χ0v) is 11.2. The third-order valence-electron chi connectivity index (χ3n) is 2.34. The Kier molecular flexibility index (Phi) is 4.52. The van der Waals surface area contributed by atoms with Gasteiger partial charge in [0.25, 0.3) is 0 Å². The fourth-order valence-corrected chi connectivity index (χ4v) is 1.59. The molecule has 98 valence electrons. The summed E-state index contributed by atoms with van der Waals surface area (Å²) in [7, 11) is 1.63. The van der Waals surface area contributed by atoms with Gasteiger partial charge in [-0.1, -0.05) is 0 Å². The van der Waals surface area contributed by atoms with Gasteiger partial charge in [0.1, 0.15) is 5.75 Å². The number of hydrogen-bond donors (Lipinski definition) is 3. The standard InChI is InChI=1S/C13H14N4OS/c1-18-12-6-4-10(5-7-12)16-13(19)17-15-9-11-3-2-8-14-11/h2-9,14H,1H3,(H2,16,17,19). The minimum atomic E-state index is 0.424. The minimum absolute atomic E-state index is 0.424. The van der Waals surface area contributed by atoms with E-state index in [1.54, 1.807) is 13.3 Å². The highest BCUT2D eigenvalue weighted by Gasteiger charge is 1.96. The topological polar surface area (TPSA) is 61.4 Å². The molecule has 0 atom stereocenters. The van der Waals surface area contributed by atoms with Gasteiger partial charge in [-0.25, -0.2) is 0 Å². The maximum Gasteiger partial charge on any atom is 0.191 e. The number of thiocarbonyl (C=S) groups is 1. The van der Waals surface area contributed by atoms with Crippen molar-refractivity contribution in [3.63, 3.8) is 0 Å². The molecular formula is C13H14N4OS. The number of hydrazone groups is 1. The summed E-state index contributed by atoms with van der Waals surface area (Å²) < 4.78 is 5.08. The van der Waals surface area contributed by atoms with E-state index in [-0.39, 0.29) is 0 Å². The normalized spacial score (nSPS) is 10.4. The van der Waals surface area contributed by atoms with Gasteiger partial charge in [-0.05, 0) is 48.6 Å². The van der Waals surface area contributed by atoms with Crippen LogP contribution in [-0.4, -0.2) is 23.4 Å². The maximum absolute atomic E-state index is 5.11. The van der Waals surface area contributed by atoms with E-state index in [2.05, 4.69) is 20.8 Å². The smallest absolute Gasteiger partial charge is 0.191 e. The number of methoxy groups -OCH3 is 1. The third kappa shape index (κ3) is 4.11. The predicted octanol–water partition coefficient (Wildman–Crippen LogP) is 2.34. The molecule has 2 aromatic rings. The molecule has 3 N–H and O–H groups in total. The monoisotopic (exact) mass is 274 g/mol. The SMILES string of the molecule is COc1ccc(NC(=S)NN=Cc2ccc[nH]2)cc1. The number of nitrogens with zero attached hydrogens (tertiary/aromatic N) is 1. The Morgan fingerprint density at radius 3 is 2.74 bits per heavy atom. The van der Waals surface area contributed by atoms with Crippen LogP contribution >= 0.6 is 12.2 Å². The largest absolute Gasteiger partial charge is 0.497 e. The number of ether oxygens (including phenoxy) is 1. The molecule has 0 saturated carbocycles. The summed E-state index contributed by atoms with van der Waals surface area (Å²) in [6.07, 6.45) is 3.48. The van der Waals surface area contributed by atoms with Gasteiger partial charge in [0.2, 0.25) is 0 Å². The number of aromatic nitrogens is 1. The second kappa shape index (κ2) is 6.55. The number of hydrogen-bond acceptors (Lipinski definition) is 3. The van der Waals surface area contributed by atoms with Crippen LogP contribution in [0.1, 0.15) is 5.69 Å². The number of rotatable bonds is 4. The summed E-state index contributed by atoms with van der Waals surface area (Å²) in [5.41, 5.74) is 4.51. The molecule has 0 spiro atoms. The van der Waals surface area contributed by atoms with E-state index >= 15 is 0 Å². The van der Waals surface area contributed by atoms with Gasteiger partial charge in [-0.3, -0.25) is 5.43 Å². The first-order valence-corrected chi connectivity index (χ1v) is 6.06. The fraction of sp³-hybridized carbons (Fsp3) is 0.0769. The van der Waals surface area contributed by atoms with Gasteiger partial charge in [0.15, 0.2) is 5.11 Å². The number of nitrogens with one attached hydrogen (secondary N) is 3. The van der Waals surface area contributed by atoms with Gasteiger partial charge in [0, 0.05) is 11.9 Å². The Labute approximate surface area is 116 Å². The molecule has 1 aromatic heterocycles. The van der Waals surface area contributed by atoms with Crippen LogP contribution in [0.4, 0.5) is 5.69 Å². The van der Waals surface area contributed by atoms with Gasteiger partial charge < -0.3 is 15.0 Å². The quantitative estimate of drug-likeness (QED) is 0.455. The van der Waals surface area contributed by atoms with Gasteiger partial charge >= 0.3 is 0 Å². The molecule has 2 rings (SSSR count). The van der Waals surface area contributed by atoms with E-state index in [0.717, 1.165) is 17.1 Å². The molecule has 0 fully saturated rings. The van der Waals surface area contributed by atoms with Gasteiger partial charge in [0.05, 0.1) is 19.0 Å². The van der Waals surface area contributed by atoms with E-state index in [0.29, 0.717) is 5.11 Å². The zero-order valence-electron chi connectivity index (χ0n) is 10.4. The average Bonchev–Trinajstić information content (AvgIpc) is 2.93. The first-order valence-electron chi connectivity index (χ1n) is 5.65. The Bertz CT molecular complexity index is 549. The van der Waals surface area contributed by atoms with Crippen LogP contribution < -0.4 is 15.5 Å². The predicted molar refractivity (Wildman–Crippen MR) is 80.7 cm³/mol. The van der Waals surface area contributed by atoms with Crippen molar-refractivity contribution in [2.45, 2.75) is 0 Å². The highest BCUT2D eigenvalue weighted by atomic mass is 32.1. The summed E-state index contributed by atoms with van der Waals surface area (Å²) >= 11 is 5.11. The maximum atomic E-state index is 5.11. The molecule has 0 radical (unpaired) electrons. The first-order chi connectivity index (χ1) is 9.28. The lowest BCUT2D eigenvalue weighted by Crippen LogP contribution is -2.23. The van der Waals surface area contributed by atoms with Gasteiger partial charge in [-0.2, -0.15) is 5.10 Å². The summed E-state index contributed by atoms with van der Waals surface area (Å²) in [6, 6.07) is 11.3. The summed E-state index contributed by atoms with van der Waals surface area (Å²) in [4.78, 5) is 3.01. The molecule has 19 heavy (non-hydrogen) atoms. The lowest BCUT2D eigenvalue weighted by Gasteiger charge is -2.07. The van der Waals surface area contributed by atoms with E-state index < -0.39 is 0 Å². The summed E-state index contributed by atoms with van der Waals surface area (Å²) in [5.74, 6) is 0.800. The highest BCUT2D eigenvalue weighted by molar-refractivity contribution is 7.80. The van der Waals surface area contributed by atoms with Crippen molar-refractivity contribution >= 4 is 29.2 Å². The minimum Gasteiger partial charge on any atom is -0.497 e. The van der Waals surface area contributed by atoms with Crippen LogP contribution in [0.15, 0.2) is 47.7 Å². The Morgan fingerprint density at radius 2 is 2.11 bits per heavy atom. The van der Waals surface area contributed by atoms with Crippen molar-refractivity contribution < 1.29 is 4.74 Å². The van der Waals surface area contributed by atoms with Crippen molar-refractivity contribution in [2.24, 2.45) is 5.10 Å². The molecule has 1 aromatic carbocycles.